The molecule has 2 aromatic carbocycles. The molecule has 0 radical (unpaired) electrons. The van der Waals surface area contributed by atoms with Crippen LogP contribution < -0.4 is 0 Å². The average molecular weight is 220 g/mol. The lowest BCUT2D eigenvalue weighted by atomic mass is 10.1. The predicted molar refractivity (Wildman–Crippen MR) is 59.5 cm³/mol. The van der Waals surface area contributed by atoms with Gasteiger partial charge < -0.3 is 0 Å². The first-order valence-corrected chi connectivity index (χ1v) is 4.65. The zero-order valence-electron chi connectivity index (χ0n) is 8.44. The van der Waals surface area contributed by atoms with Crippen LogP contribution in [0.1, 0.15) is 0 Å². The van der Waals surface area contributed by atoms with Crippen molar-refractivity contribution in [3.63, 3.8) is 0 Å². The number of hydrogen-bond donors (Lipinski definition) is 0. The summed E-state index contributed by atoms with van der Waals surface area (Å²) in [5.74, 6) is 0. The van der Waals surface area contributed by atoms with Crippen molar-refractivity contribution < 1.29 is 13.6 Å². The zero-order chi connectivity index (χ0) is 11.8. The van der Waals surface area contributed by atoms with Crippen molar-refractivity contribution in [2.24, 2.45) is 0 Å². The lowest BCUT2D eigenvalue weighted by molar-refractivity contribution is 0.199. The summed E-state index contributed by atoms with van der Waals surface area (Å²) in [5.41, 5.74) is 2.55. The molecule has 1 nitrogen and oxygen atoms in total. The Kier molecular flexibility index (Phi) is 4.86. The van der Waals surface area contributed by atoms with E-state index in [1.165, 1.54) is 11.1 Å². The number of rotatable bonds is 1. The van der Waals surface area contributed by atoms with E-state index < -0.39 is 6.29 Å². The van der Waals surface area contributed by atoms with Crippen LogP contribution in [0.4, 0.5) is 13.6 Å². The topological polar surface area (TPSA) is 17.1 Å². The summed E-state index contributed by atoms with van der Waals surface area (Å²) in [4.78, 5) is 8.11. The first-order chi connectivity index (χ1) is 7.70. The molecule has 0 bridgehead atoms. The third-order valence-corrected chi connectivity index (χ3v) is 1.88. The van der Waals surface area contributed by atoms with Gasteiger partial charge in [0.1, 0.15) is 0 Å². The van der Waals surface area contributed by atoms with Gasteiger partial charge >= 0.3 is 6.29 Å². The largest absolute Gasteiger partial charge is 0.483 e. The van der Waals surface area contributed by atoms with Crippen molar-refractivity contribution in [1.82, 2.24) is 0 Å². The predicted octanol–water partition coefficient (Wildman–Crippen LogP) is 4.40. The summed E-state index contributed by atoms with van der Waals surface area (Å²) < 4.78 is 19.4. The second-order valence-corrected chi connectivity index (χ2v) is 2.96. The van der Waals surface area contributed by atoms with E-state index in [0.717, 1.165) is 0 Å². The number of hydrogen-bond acceptors (Lipinski definition) is 1. The van der Waals surface area contributed by atoms with Gasteiger partial charge in [-0.1, -0.05) is 60.7 Å². The molecule has 0 unspecified atom stereocenters. The molecule has 3 heteroatoms. The van der Waals surface area contributed by atoms with Gasteiger partial charge in [0.15, 0.2) is 0 Å². The lowest BCUT2D eigenvalue weighted by Crippen LogP contribution is -1.73. The van der Waals surface area contributed by atoms with Crippen LogP contribution >= 0.6 is 0 Å². The summed E-state index contributed by atoms with van der Waals surface area (Å²) in [6, 6.07) is 20.8. The van der Waals surface area contributed by atoms with Gasteiger partial charge in [-0.05, 0) is 11.1 Å². The first-order valence-electron chi connectivity index (χ1n) is 4.65. The van der Waals surface area contributed by atoms with E-state index in [1.807, 2.05) is 12.1 Å². The van der Waals surface area contributed by atoms with Crippen LogP contribution in [0.3, 0.4) is 0 Å². The molecule has 2 aromatic rings. The van der Waals surface area contributed by atoms with Gasteiger partial charge in [0.05, 0.1) is 0 Å². The molecule has 0 fully saturated rings. The molecular formula is C13H10F2O. The Morgan fingerprint density at radius 3 is 1.19 bits per heavy atom. The van der Waals surface area contributed by atoms with Gasteiger partial charge in [0.25, 0.3) is 0 Å². The minimum atomic E-state index is -2.83. The molecule has 0 atom stereocenters. The van der Waals surface area contributed by atoms with Gasteiger partial charge in [0.2, 0.25) is 0 Å². The van der Waals surface area contributed by atoms with Crippen LogP contribution in [0, 0.1) is 0 Å². The number of carbonyl (C=O) groups excluding carboxylic acids is 1. The Bertz CT molecular complexity index is 385. The lowest BCUT2D eigenvalue weighted by Gasteiger charge is -1.98. The minimum absolute atomic E-state index is 1.28. The van der Waals surface area contributed by atoms with E-state index in [0.29, 0.717) is 0 Å². The molecule has 0 heterocycles. The summed E-state index contributed by atoms with van der Waals surface area (Å²) in [6.45, 7) is 0. The number of halogens is 2. The molecule has 0 aromatic heterocycles. The van der Waals surface area contributed by atoms with Gasteiger partial charge in [-0.2, -0.15) is 0 Å². The van der Waals surface area contributed by atoms with Crippen LogP contribution in [-0.2, 0) is 0 Å². The third kappa shape index (κ3) is 4.46. The molecule has 0 aliphatic heterocycles. The Morgan fingerprint density at radius 2 is 0.938 bits per heavy atom. The molecule has 82 valence electrons. The van der Waals surface area contributed by atoms with E-state index >= 15 is 0 Å². The van der Waals surface area contributed by atoms with Crippen molar-refractivity contribution in [2.45, 2.75) is 0 Å². The Labute approximate surface area is 92.4 Å². The van der Waals surface area contributed by atoms with E-state index in [-0.39, 0.29) is 0 Å². The highest BCUT2D eigenvalue weighted by atomic mass is 19.3. The first kappa shape index (κ1) is 12.0. The zero-order valence-corrected chi connectivity index (χ0v) is 8.44. The van der Waals surface area contributed by atoms with E-state index in [1.54, 1.807) is 0 Å². The molecule has 0 aliphatic carbocycles. The minimum Gasteiger partial charge on any atom is -0.219 e. The highest BCUT2D eigenvalue weighted by Gasteiger charge is 1.91. The SMILES string of the molecule is O=C(F)F.c1ccc(-c2ccccc2)cc1. The molecule has 0 saturated heterocycles. The second-order valence-electron chi connectivity index (χ2n) is 2.96. The fourth-order valence-electron chi connectivity index (χ4n) is 1.26. The fraction of sp³-hybridized carbons (Fsp3) is 0. The quantitative estimate of drug-likeness (QED) is 0.651. The maximum Gasteiger partial charge on any atom is 0.483 e. The maximum atomic E-state index is 9.69. The average Bonchev–Trinajstić information content (AvgIpc) is 2.31. The summed E-state index contributed by atoms with van der Waals surface area (Å²) in [5, 5.41) is 0. The van der Waals surface area contributed by atoms with Crippen molar-refractivity contribution in [1.29, 1.82) is 0 Å². The van der Waals surface area contributed by atoms with Gasteiger partial charge in [-0.3, -0.25) is 0 Å². The highest BCUT2D eigenvalue weighted by molar-refractivity contribution is 5.62. The molecule has 0 N–H and O–H groups in total. The van der Waals surface area contributed by atoms with E-state index in [9.17, 15) is 8.78 Å². The van der Waals surface area contributed by atoms with Crippen molar-refractivity contribution >= 4 is 6.29 Å². The molecule has 0 saturated carbocycles. The Balaban J connectivity index is 0.000000280. The van der Waals surface area contributed by atoms with E-state index in [2.05, 4.69) is 48.5 Å². The normalized spacial score (nSPS) is 8.88. The smallest absolute Gasteiger partial charge is 0.219 e. The fourth-order valence-corrected chi connectivity index (χ4v) is 1.26. The summed E-state index contributed by atoms with van der Waals surface area (Å²) >= 11 is 0. The Hall–Kier alpha value is -2.03. The van der Waals surface area contributed by atoms with Crippen LogP contribution in [0.5, 0.6) is 0 Å². The van der Waals surface area contributed by atoms with Crippen molar-refractivity contribution in [3.8, 4) is 11.1 Å². The molecule has 2 rings (SSSR count). The van der Waals surface area contributed by atoms with Crippen LogP contribution in [0.15, 0.2) is 60.7 Å². The highest BCUT2D eigenvalue weighted by Crippen LogP contribution is 2.17. The van der Waals surface area contributed by atoms with Gasteiger partial charge in [-0.25, -0.2) is 4.79 Å². The van der Waals surface area contributed by atoms with Crippen molar-refractivity contribution in [2.75, 3.05) is 0 Å². The van der Waals surface area contributed by atoms with E-state index in [4.69, 9.17) is 4.79 Å². The Morgan fingerprint density at radius 1 is 0.688 bits per heavy atom. The standard InChI is InChI=1S/C12H10.CF2O/c1-3-7-11(8-4-1)12-9-5-2-6-10-12;2-1(3)4/h1-10H;. The summed E-state index contributed by atoms with van der Waals surface area (Å²) in [7, 11) is 0. The van der Waals surface area contributed by atoms with Crippen LogP contribution in [0.25, 0.3) is 11.1 Å². The molecule has 0 spiro atoms. The molecule has 0 aliphatic rings. The number of benzene rings is 2. The third-order valence-electron chi connectivity index (χ3n) is 1.88. The second kappa shape index (κ2) is 6.45. The monoisotopic (exact) mass is 220 g/mol. The van der Waals surface area contributed by atoms with Gasteiger partial charge in [0, 0.05) is 0 Å². The van der Waals surface area contributed by atoms with Crippen LogP contribution in [-0.4, -0.2) is 6.29 Å². The maximum absolute atomic E-state index is 9.69. The van der Waals surface area contributed by atoms with Crippen LogP contribution in [0.2, 0.25) is 0 Å². The number of carbonyl (C=O) groups is 1. The summed E-state index contributed by atoms with van der Waals surface area (Å²) in [6.07, 6.45) is -2.83. The molecule has 16 heavy (non-hydrogen) atoms. The molecule has 0 amide bonds. The van der Waals surface area contributed by atoms with Crippen molar-refractivity contribution in [3.05, 3.63) is 60.7 Å². The molecular weight excluding hydrogens is 210 g/mol. The van der Waals surface area contributed by atoms with Gasteiger partial charge in [-0.15, -0.1) is 8.78 Å².